The van der Waals surface area contributed by atoms with Gasteiger partial charge < -0.3 is 10.4 Å². The molecule has 1 aromatic carbocycles. The van der Waals surface area contributed by atoms with Gasteiger partial charge in [-0.3, -0.25) is 4.79 Å². The lowest BCUT2D eigenvalue weighted by atomic mass is 10.1. The van der Waals surface area contributed by atoms with E-state index in [1.165, 1.54) is 6.08 Å². The maximum Gasteiger partial charge on any atom is 0.243 e. The number of nitrogens with one attached hydrogen (secondary N) is 1. The van der Waals surface area contributed by atoms with Gasteiger partial charge in [-0.2, -0.15) is 0 Å². The van der Waals surface area contributed by atoms with E-state index < -0.39 is 0 Å². The topological polar surface area (TPSA) is 80.0 Å². The van der Waals surface area contributed by atoms with E-state index >= 15 is 0 Å². The van der Waals surface area contributed by atoms with Crippen molar-refractivity contribution in [3.05, 3.63) is 54.4 Å². The molecule has 0 spiro atoms. The van der Waals surface area contributed by atoms with Crippen LogP contribution in [0.1, 0.15) is 11.3 Å². The standard InChI is InChI=1S/C14H16N4O2/c1-2-14(20)15-8-7-11-3-5-13(6-4-11)18-9-12(10-19)16-17-18/h2-6,9,19H,1,7-8,10H2,(H,15,20). The third kappa shape index (κ3) is 3.52. The summed E-state index contributed by atoms with van der Waals surface area (Å²) in [7, 11) is 0. The van der Waals surface area contributed by atoms with Crippen LogP contribution in [-0.4, -0.2) is 32.6 Å². The predicted molar refractivity (Wildman–Crippen MR) is 74.2 cm³/mol. The zero-order valence-electron chi connectivity index (χ0n) is 11.0. The second-order valence-corrected chi connectivity index (χ2v) is 4.22. The van der Waals surface area contributed by atoms with Gasteiger partial charge in [0.05, 0.1) is 18.5 Å². The zero-order chi connectivity index (χ0) is 14.4. The summed E-state index contributed by atoms with van der Waals surface area (Å²) < 4.78 is 1.61. The number of rotatable bonds is 6. The second kappa shape index (κ2) is 6.63. The Morgan fingerprint density at radius 2 is 2.15 bits per heavy atom. The predicted octanol–water partition coefficient (Wildman–Crippen LogP) is 0.604. The number of benzene rings is 1. The van der Waals surface area contributed by atoms with E-state index in [2.05, 4.69) is 22.2 Å². The molecule has 6 heteroatoms. The van der Waals surface area contributed by atoms with Gasteiger partial charge in [0.15, 0.2) is 0 Å². The number of aliphatic hydroxyl groups excluding tert-OH is 1. The monoisotopic (exact) mass is 272 g/mol. The molecule has 2 N–H and O–H groups in total. The summed E-state index contributed by atoms with van der Waals surface area (Å²) in [5.41, 5.74) is 2.51. The van der Waals surface area contributed by atoms with E-state index in [1.54, 1.807) is 10.9 Å². The van der Waals surface area contributed by atoms with Gasteiger partial charge >= 0.3 is 0 Å². The van der Waals surface area contributed by atoms with Gasteiger partial charge in [0.2, 0.25) is 5.91 Å². The Morgan fingerprint density at radius 1 is 1.40 bits per heavy atom. The molecular formula is C14H16N4O2. The molecule has 2 rings (SSSR count). The van der Waals surface area contributed by atoms with Crippen LogP contribution in [0.2, 0.25) is 0 Å². The van der Waals surface area contributed by atoms with E-state index in [1.807, 2.05) is 24.3 Å². The molecule has 0 aliphatic rings. The van der Waals surface area contributed by atoms with Crippen LogP contribution >= 0.6 is 0 Å². The molecule has 0 fully saturated rings. The van der Waals surface area contributed by atoms with Crippen LogP contribution in [0.5, 0.6) is 0 Å². The Hall–Kier alpha value is -2.47. The summed E-state index contributed by atoms with van der Waals surface area (Å²) in [5.74, 6) is -0.166. The smallest absolute Gasteiger partial charge is 0.243 e. The van der Waals surface area contributed by atoms with Gasteiger partial charge in [-0.25, -0.2) is 4.68 Å². The average Bonchev–Trinajstić information content (AvgIpc) is 2.96. The molecule has 1 aromatic heterocycles. The molecule has 0 radical (unpaired) electrons. The highest BCUT2D eigenvalue weighted by molar-refractivity contribution is 5.86. The molecule has 2 aromatic rings. The zero-order valence-corrected chi connectivity index (χ0v) is 11.0. The minimum atomic E-state index is -0.166. The molecule has 0 bridgehead atoms. The highest BCUT2D eigenvalue weighted by Crippen LogP contribution is 2.09. The van der Waals surface area contributed by atoms with Gasteiger partial charge in [-0.15, -0.1) is 5.10 Å². The third-order valence-corrected chi connectivity index (χ3v) is 2.80. The summed E-state index contributed by atoms with van der Waals surface area (Å²) in [5, 5.41) is 19.4. The lowest BCUT2D eigenvalue weighted by Crippen LogP contribution is -2.23. The third-order valence-electron chi connectivity index (χ3n) is 2.80. The maximum absolute atomic E-state index is 11.0. The maximum atomic E-state index is 11.0. The molecular weight excluding hydrogens is 256 g/mol. The van der Waals surface area contributed by atoms with E-state index in [4.69, 9.17) is 5.11 Å². The number of aliphatic hydroxyl groups is 1. The largest absolute Gasteiger partial charge is 0.390 e. The lowest BCUT2D eigenvalue weighted by molar-refractivity contribution is -0.116. The fraction of sp³-hybridized carbons (Fsp3) is 0.214. The van der Waals surface area contributed by atoms with Gasteiger partial charge in [-0.1, -0.05) is 23.9 Å². The van der Waals surface area contributed by atoms with Crippen LogP contribution in [0.25, 0.3) is 5.69 Å². The van der Waals surface area contributed by atoms with Crippen molar-refractivity contribution >= 4 is 5.91 Å². The molecule has 0 aliphatic heterocycles. The Kier molecular flexibility index (Phi) is 4.62. The van der Waals surface area contributed by atoms with Crippen molar-refractivity contribution in [3.63, 3.8) is 0 Å². The van der Waals surface area contributed by atoms with E-state index in [9.17, 15) is 4.79 Å². The molecule has 1 amide bonds. The summed E-state index contributed by atoms with van der Waals surface area (Å²) in [6, 6.07) is 7.77. The Balaban J connectivity index is 1.95. The van der Waals surface area contributed by atoms with Crippen LogP contribution in [-0.2, 0) is 17.8 Å². The van der Waals surface area contributed by atoms with Crippen molar-refractivity contribution in [3.8, 4) is 5.69 Å². The van der Waals surface area contributed by atoms with Crippen molar-refractivity contribution < 1.29 is 9.90 Å². The van der Waals surface area contributed by atoms with Crippen molar-refractivity contribution in [1.82, 2.24) is 20.3 Å². The average molecular weight is 272 g/mol. The Morgan fingerprint density at radius 3 is 2.75 bits per heavy atom. The van der Waals surface area contributed by atoms with Crippen LogP contribution in [0.15, 0.2) is 43.1 Å². The first-order valence-corrected chi connectivity index (χ1v) is 6.24. The van der Waals surface area contributed by atoms with Crippen molar-refractivity contribution in [2.45, 2.75) is 13.0 Å². The first kappa shape index (κ1) is 14.0. The van der Waals surface area contributed by atoms with Gasteiger partial charge in [0, 0.05) is 6.54 Å². The van der Waals surface area contributed by atoms with Crippen LogP contribution in [0.4, 0.5) is 0 Å². The molecule has 0 aliphatic carbocycles. The number of hydrogen-bond acceptors (Lipinski definition) is 4. The molecule has 104 valence electrons. The molecule has 0 atom stereocenters. The van der Waals surface area contributed by atoms with E-state index in [-0.39, 0.29) is 12.5 Å². The summed E-state index contributed by atoms with van der Waals surface area (Å²) in [6.45, 7) is 3.84. The number of aromatic nitrogens is 3. The Bertz CT molecular complexity index is 589. The first-order valence-electron chi connectivity index (χ1n) is 6.24. The van der Waals surface area contributed by atoms with Crippen LogP contribution in [0, 0.1) is 0 Å². The van der Waals surface area contributed by atoms with Crippen LogP contribution in [0.3, 0.4) is 0 Å². The number of hydrogen-bond donors (Lipinski definition) is 2. The molecule has 0 saturated carbocycles. The van der Waals surface area contributed by atoms with Gasteiger partial charge in [0.1, 0.15) is 5.69 Å². The summed E-state index contributed by atoms with van der Waals surface area (Å²) in [6.07, 6.45) is 3.69. The fourth-order valence-corrected chi connectivity index (χ4v) is 1.71. The molecule has 0 unspecified atom stereocenters. The highest BCUT2D eigenvalue weighted by Gasteiger charge is 2.02. The lowest BCUT2D eigenvalue weighted by Gasteiger charge is -2.04. The molecule has 0 saturated heterocycles. The van der Waals surface area contributed by atoms with E-state index in [0.29, 0.717) is 12.2 Å². The van der Waals surface area contributed by atoms with Crippen molar-refractivity contribution in [2.24, 2.45) is 0 Å². The van der Waals surface area contributed by atoms with E-state index in [0.717, 1.165) is 17.7 Å². The van der Waals surface area contributed by atoms with Crippen molar-refractivity contribution in [2.75, 3.05) is 6.54 Å². The highest BCUT2D eigenvalue weighted by atomic mass is 16.3. The normalized spacial score (nSPS) is 10.2. The quantitative estimate of drug-likeness (QED) is 0.755. The number of amides is 1. The first-order chi connectivity index (χ1) is 9.72. The fourth-order valence-electron chi connectivity index (χ4n) is 1.71. The van der Waals surface area contributed by atoms with Gasteiger partial charge in [-0.05, 0) is 30.2 Å². The van der Waals surface area contributed by atoms with Crippen molar-refractivity contribution in [1.29, 1.82) is 0 Å². The number of carbonyl (C=O) groups is 1. The van der Waals surface area contributed by atoms with Gasteiger partial charge in [0.25, 0.3) is 0 Å². The second-order valence-electron chi connectivity index (χ2n) is 4.22. The van der Waals surface area contributed by atoms with Crippen LogP contribution < -0.4 is 5.32 Å². The summed E-state index contributed by atoms with van der Waals surface area (Å²) >= 11 is 0. The molecule has 6 nitrogen and oxygen atoms in total. The molecule has 20 heavy (non-hydrogen) atoms. The minimum absolute atomic E-state index is 0.124. The minimum Gasteiger partial charge on any atom is -0.390 e. The molecule has 1 heterocycles. The Labute approximate surface area is 116 Å². The number of nitrogens with zero attached hydrogens (tertiary/aromatic N) is 3. The summed E-state index contributed by atoms with van der Waals surface area (Å²) in [4.78, 5) is 11.0. The SMILES string of the molecule is C=CC(=O)NCCc1ccc(-n2cc(CO)nn2)cc1. The number of carbonyl (C=O) groups excluding carboxylic acids is 1.